The lowest BCUT2D eigenvalue weighted by molar-refractivity contribution is -0.154. The Morgan fingerprint density at radius 2 is 1.03 bits per heavy atom. The second kappa shape index (κ2) is 20.9. The van der Waals surface area contributed by atoms with Gasteiger partial charge in [-0.3, -0.25) is 0 Å². The van der Waals surface area contributed by atoms with Crippen molar-refractivity contribution in [1.82, 2.24) is 0 Å². The van der Waals surface area contributed by atoms with Gasteiger partial charge in [-0.1, -0.05) is 110 Å². The van der Waals surface area contributed by atoms with Gasteiger partial charge in [-0.2, -0.15) is 0 Å². The van der Waals surface area contributed by atoms with Crippen LogP contribution in [0.5, 0.6) is 0 Å². The summed E-state index contributed by atoms with van der Waals surface area (Å²) in [6.07, 6.45) is 16.8. The van der Waals surface area contributed by atoms with Crippen LogP contribution >= 0.6 is 0 Å². The van der Waals surface area contributed by atoms with E-state index in [1.54, 1.807) is 0 Å². The van der Waals surface area contributed by atoms with E-state index in [0.29, 0.717) is 0 Å². The van der Waals surface area contributed by atoms with Crippen LogP contribution in [-0.4, -0.2) is 36.4 Å². The van der Waals surface area contributed by atoms with E-state index < -0.39 is 18.0 Å². The molecule has 5 heteroatoms. The molecule has 0 bridgehead atoms. The molecule has 0 spiro atoms. The first-order valence-electron chi connectivity index (χ1n) is 12.2. The maximum absolute atomic E-state index is 11.9. The number of hydrogen-bond donors (Lipinski definition) is 1. The zero-order chi connectivity index (χ0) is 22.5. The quantitative estimate of drug-likeness (QED) is 0.133. The van der Waals surface area contributed by atoms with E-state index >= 15 is 0 Å². The monoisotopic (exact) mass is 426 g/mol. The van der Waals surface area contributed by atoms with Crippen LogP contribution in [0.2, 0.25) is 0 Å². The zero-order valence-corrected chi connectivity index (χ0v) is 19.6. The van der Waals surface area contributed by atoms with Crippen LogP contribution in [-0.2, 0) is 19.1 Å². The maximum Gasteiger partial charge on any atom is 0.339 e. The Balaban J connectivity index is 3.71. The summed E-state index contributed by atoms with van der Waals surface area (Å²) in [5.74, 6) is -1.55. The molecule has 1 atom stereocenters. The fourth-order valence-corrected chi connectivity index (χ4v) is 3.24. The van der Waals surface area contributed by atoms with Crippen LogP contribution in [0.15, 0.2) is 12.2 Å². The molecule has 0 saturated heterocycles. The molecule has 0 amide bonds. The Bertz CT molecular complexity index is 447. The molecule has 0 heterocycles. The highest BCUT2D eigenvalue weighted by molar-refractivity contribution is 5.96. The smallest absolute Gasteiger partial charge is 0.339 e. The Hall–Kier alpha value is -1.36. The molecule has 0 fully saturated rings. The van der Waals surface area contributed by atoms with Crippen molar-refractivity contribution in [3.63, 3.8) is 0 Å². The lowest BCUT2D eigenvalue weighted by Crippen LogP contribution is -2.29. The Morgan fingerprint density at radius 1 is 0.667 bits per heavy atom. The van der Waals surface area contributed by atoms with E-state index in [2.05, 4.69) is 20.4 Å². The molecule has 30 heavy (non-hydrogen) atoms. The second-order valence-corrected chi connectivity index (χ2v) is 8.18. The molecule has 0 aliphatic carbocycles. The number of aliphatic hydroxyl groups is 1. The first kappa shape index (κ1) is 28.6. The summed E-state index contributed by atoms with van der Waals surface area (Å²) in [6.45, 7) is 8.45. The second-order valence-electron chi connectivity index (χ2n) is 8.18. The molecule has 0 saturated carbocycles. The summed E-state index contributed by atoms with van der Waals surface area (Å²) in [5.41, 5.74) is -0.254. The largest absolute Gasteiger partial charge is 0.464 e. The summed E-state index contributed by atoms with van der Waals surface area (Å²) in [7, 11) is 0. The summed E-state index contributed by atoms with van der Waals surface area (Å²) in [4.78, 5) is 23.8. The van der Waals surface area contributed by atoms with Gasteiger partial charge in [0.25, 0.3) is 0 Å². The summed E-state index contributed by atoms with van der Waals surface area (Å²) >= 11 is 0. The zero-order valence-electron chi connectivity index (χ0n) is 19.6. The molecule has 0 aliphatic heterocycles. The average Bonchev–Trinajstić information content (AvgIpc) is 2.75. The molecule has 1 unspecified atom stereocenters. The molecular weight excluding hydrogens is 380 g/mol. The van der Waals surface area contributed by atoms with E-state index in [1.807, 2.05) is 0 Å². The van der Waals surface area contributed by atoms with E-state index in [1.165, 1.54) is 64.2 Å². The topological polar surface area (TPSA) is 72.8 Å². The molecule has 0 aliphatic rings. The molecule has 176 valence electrons. The Labute approximate surface area is 184 Å². The summed E-state index contributed by atoms with van der Waals surface area (Å²) < 4.78 is 10.2. The third kappa shape index (κ3) is 16.4. The molecule has 0 radical (unpaired) electrons. The molecule has 0 aromatic rings. The molecule has 1 N–H and O–H groups in total. The van der Waals surface area contributed by atoms with Gasteiger partial charge in [-0.15, -0.1) is 0 Å². The van der Waals surface area contributed by atoms with Crippen LogP contribution < -0.4 is 0 Å². The number of rotatable bonds is 21. The minimum Gasteiger partial charge on any atom is -0.464 e. The highest BCUT2D eigenvalue weighted by atomic mass is 16.6. The van der Waals surface area contributed by atoms with E-state index in [9.17, 15) is 14.7 Å². The van der Waals surface area contributed by atoms with E-state index in [-0.39, 0.29) is 18.8 Å². The van der Waals surface area contributed by atoms with Crippen LogP contribution in [0.4, 0.5) is 0 Å². The number of hydrogen-bond acceptors (Lipinski definition) is 5. The highest BCUT2D eigenvalue weighted by Crippen LogP contribution is 2.11. The molecule has 5 nitrogen and oxygen atoms in total. The Morgan fingerprint density at radius 3 is 1.47 bits per heavy atom. The fraction of sp³-hybridized carbons (Fsp3) is 0.840. The van der Waals surface area contributed by atoms with E-state index in [0.717, 1.165) is 38.5 Å². The molecular formula is C25H46O5. The van der Waals surface area contributed by atoms with Gasteiger partial charge in [0.05, 0.1) is 18.8 Å². The van der Waals surface area contributed by atoms with E-state index in [4.69, 9.17) is 9.47 Å². The minimum atomic E-state index is -1.65. The first-order chi connectivity index (χ1) is 14.5. The number of aliphatic hydroxyl groups excluding tert-OH is 1. The number of ether oxygens (including phenoxy) is 2. The molecule has 0 aromatic heterocycles. The van der Waals surface area contributed by atoms with Gasteiger partial charge in [-0.25, -0.2) is 9.59 Å². The maximum atomic E-state index is 11.9. The molecule has 0 rings (SSSR count). The Kier molecular flexibility index (Phi) is 19.9. The number of esters is 2. The number of unbranched alkanes of at least 4 members (excludes halogenated alkanes) is 14. The van der Waals surface area contributed by atoms with Crippen LogP contribution in [0, 0.1) is 0 Å². The average molecular weight is 427 g/mol. The lowest BCUT2D eigenvalue weighted by Gasteiger charge is -2.13. The highest BCUT2D eigenvalue weighted by Gasteiger charge is 2.26. The minimum absolute atomic E-state index is 0.254. The van der Waals surface area contributed by atoms with Crippen molar-refractivity contribution in [2.24, 2.45) is 0 Å². The lowest BCUT2D eigenvalue weighted by atomic mass is 10.1. The van der Waals surface area contributed by atoms with Gasteiger partial charge in [0.2, 0.25) is 0 Å². The van der Waals surface area contributed by atoms with Crippen LogP contribution in [0.25, 0.3) is 0 Å². The van der Waals surface area contributed by atoms with Crippen LogP contribution in [0.3, 0.4) is 0 Å². The molecule has 0 aromatic carbocycles. The normalized spacial score (nSPS) is 11.8. The standard InChI is InChI=1S/C25H46O5/c1-4-6-8-10-12-14-16-18-20-29-24(27)22(3)23(26)25(28)30-21-19-17-15-13-11-9-7-5-2/h23,26H,3-21H2,1-2H3. The van der Waals surface area contributed by atoms with Crippen LogP contribution in [0.1, 0.15) is 117 Å². The van der Waals surface area contributed by atoms with Crippen molar-refractivity contribution in [3.05, 3.63) is 12.2 Å². The predicted molar refractivity (Wildman–Crippen MR) is 122 cm³/mol. The third-order valence-corrected chi connectivity index (χ3v) is 5.29. The first-order valence-corrected chi connectivity index (χ1v) is 12.2. The SMILES string of the molecule is C=C(C(=O)OCCCCCCCCCC)C(O)C(=O)OCCCCCCCCCC. The summed E-state index contributed by atoms with van der Waals surface area (Å²) in [5, 5.41) is 9.95. The van der Waals surface area contributed by atoms with Gasteiger partial charge >= 0.3 is 11.9 Å². The van der Waals surface area contributed by atoms with Crippen molar-refractivity contribution < 1.29 is 24.2 Å². The van der Waals surface area contributed by atoms with Gasteiger partial charge in [0.1, 0.15) is 0 Å². The van der Waals surface area contributed by atoms with Gasteiger partial charge < -0.3 is 14.6 Å². The van der Waals surface area contributed by atoms with Gasteiger partial charge in [-0.05, 0) is 12.8 Å². The van der Waals surface area contributed by atoms with Gasteiger partial charge in [0, 0.05) is 0 Å². The van der Waals surface area contributed by atoms with Crippen molar-refractivity contribution in [3.8, 4) is 0 Å². The number of carbonyl (C=O) groups is 2. The summed E-state index contributed by atoms with van der Waals surface area (Å²) in [6, 6.07) is 0. The van der Waals surface area contributed by atoms with Crippen molar-refractivity contribution in [1.29, 1.82) is 0 Å². The fourth-order valence-electron chi connectivity index (χ4n) is 3.24. The van der Waals surface area contributed by atoms with Crippen molar-refractivity contribution in [2.45, 2.75) is 123 Å². The van der Waals surface area contributed by atoms with Gasteiger partial charge in [0.15, 0.2) is 6.10 Å². The number of carbonyl (C=O) groups excluding carboxylic acids is 2. The van der Waals surface area contributed by atoms with Crippen molar-refractivity contribution >= 4 is 11.9 Å². The third-order valence-electron chi connectivity index (χ3n) is 5.29. The predicted octanol–water partition coefficient (Wildman–Crippen LogP) is 6.27. The van der Waals surface area contributed by atoms with Crippen molar-refractivity contribution in [2.75, 3.05) is 13.2 Å².